The fourth-order valence-electron chi connectivity index (χ4n) is 2.11. The van der Waals surface area contributed by atoms with Crippen LogP contribution in [0.2, 0.25) is 0 Å². The first-order chi connectivity index (χ1) is 7.40. The van der Waals surface area contributed by atoms with Crippen LogP contribution < -0.4 is 5.32 Å². The van der Waals surface area contributed by atoms with Gasteiger partial charge in [0.1, 0.15) is 18.2 Å². The van der Waals surface area contributed by atoms with Gasteiger partial charge < -0.3 is 9.47 Å². The number of ketones is 1. The Hall–Kier alpha value is -0.450. The normalized spacial score (nSPS) is 31.4. The van der Waals surface area contributed by atoms with E-state index in [0.717, 1.165) is 12.8 Å². The lowest BCUT2D eigenvalue weighted by atomic mass is 9.79. The van der Waals surface area contributed by atoms with Crippen molar-refractivity contribution in [3.8, 4) is 0 Å². The molecule has 0 aromatic heterocycles. The molecule has 94 valence electrons. The fourth-order valence-corrected chi connectivity index (χ4v) is 2.11. The number of carbonyl (C=O) groups excluding carboxylic acids is 1. The molecule has 4 nitrogen and oxygen atoms in total. The number of hydrogen-bond donors (Lipinski definition) is 1. The molecule has 0 bridgehead atoms. The summed E-state index contributed by atoms with van der Waals surface area (Å²) >= 11 is 0. The molecule has 1 saturated heterocycles. The van der Waals surface area contributed by atoms with Crippen LogP contribution in [-0.2, 0) is 14.3 Å². The van der Waals surface area contributed by atoms with Crippen LogP contribution in [-0.4, -0.2) is 32.5 Å². The second kappa shape index (κ2) is 5.25. The Kier molecular flexibility index (Phi) is 4.47. The van der Waals surface area contributed by atoms with E-state index in [4.69, 9.17) is 9.47 Å². The van der Waals surface area contributed by atoms with Crippen LogP contribution in [0.5, 0.6) is 0 Å². The number of nitrogens with one attached hydrogen (secondary N) is 1. The molecular formula is C12H23NO3. The average molecular weight is 229 g/mol. The van der Waals surface area contributed by atoms with Gasteiger partial charge in [-0.15, -0.1) is 0 Å². The van der Waals surface area contributed by atoms with Gasteiger partial charge >= 0.3 is 0 Å². The molecule has 3 unspecified atom stereocenters. The van der Waals surface area contributed by atoms with Crippen molar-refractivity contribution in [2.45, 2.75) is 46.1 Å². The van der Waals surface area contributed by atoms with Gasteiger partial charge in [0.05, 0.1) is 5.92 Å². The Morgan fingerprint density at radius 2 is 1.81 bits per heavy atom. The number of Topliss-reactive ketones (excluding diaryl/α,β-unsaturated/α-hetero) is 1. The minimum absolute atomic E-state index is 0.00558. The van der Waals surface area contributed by atoms with Crippen molar-refractivity contribution >= 4 is 5.78 Å². The molecule has 0 radical (unpaired) electrons. The van der Waals surface area contributed by atoms with Crippen LogP contribution in [0.25, 0.3) is 0 Å². The van der Waals surface area contributed by atoms with Gasteiger partial charge in [-0.1, -0.05) is 20.8 Å². The van der Waals surface area contributed by atoms with E-state index in [9.17, 15) is 4.79 Å². The van der Waals surface area contributed by atoms with Crippen molar-refractivity contribution in [3.63, 3.8) is 0 Å². The molecule has 16 heavy (non-hydrogen) atoms. The lowest BCUT2D eigenvalue weighted by Gasteiger charge is -2.37. The highest BCUT2D eigenvalue weighted by Crippen LogP contribution is 2.29. The van der Waals surface area contributed by atoms with Crippen LogP contribution in [0, 0.1) is 11.3 Å². The Balaban J connectivity index is 2.70. The topological polar surface area (TPSA) is 47.6 Å². The zero-order valence-electron chi connectivity index (χ0n) is 10.9. The van der Waals surface area contributed by atoms with Gasteiger partial charge in [-0.2, -0.15) is 0 Å². The third-order valence-electron chi connectivity index (χ3n) is 3.07. The molecule has 1 aliphatic heterocycles. The van der Waals surface area contributed by atoms with Crippen molar-refractivity contribution in [2.75, 3.05) is 14.2 Å². The minimum Gasteiger partial charge on any atom is -0.367 e. The van der Waals surface area contributed by atoms with E-state index in [1.54, 1.807) is 14.2 Å². The number of methoxy groups -OCH3 is 2. The van der Waals surface area contributed by atoms with Gasteiger partial charge in [0.2, 0.25) is 0 Å². The molecule has 0 saturated carbocycles. The molecule has 0 aromatic rings. The summed E-state index contributed by atoms with van der Waals surface area (Å²) in [7, 11) is 3.29. The van der Waals surface area contributed by atoms with Gasteiger partial charge in [-0.25, -0.2) is 0 Å². The summed E-state index contributed by atoms with van der Waals surface area (Å²) in [5.41, 5.74) is -0.316. The van der Waals surface area contributed by atoms with Gasteiger partial charge in [-0.3, -0.25) is 10.1 Å². The Morgan fingerprint density at radius 1 is 1.19 bits per heavy atom. The zero-order valence-corrected chi connectivity index (χ0v) is 10.9. The second-order valence-electron chi connectivity index (χ2n) is 5.35. The summed E-state index contributed by atoms with van der Waals surface area (Å²) in [6, 6.07) is 0. The number of rotatable bonds is 3. The van der Waals surface area contributed by atoms with E-state index in [2.05, 4.69) is 5.32 Å². The highest BCUT2D eigenvalue weighted by molar-refractivity contribution is 5.86. The van der Waals surface area contributed by atoms with Crippen molar-refractivity contribution < 1.29 is 14.3 Å². The van der Waals surface area contributed by atoms with E-state index < -0.39 is 0 Å². The van der Waals surface area contributed by atoms with E-state index in [-0.39, 0.29) is 29.6 Å². The molecule has 0 aromatic carbocycles. The SMILES string of the molecule is COC1CCC(C(=O)C(C)(C)C)C(OC)N1. The van der Waals surface area contributed by atoms with Gasteiger partial charge in [0, 0.05) is 19.6 Å². The predicted octanol–water partition coefficient (Wildman–Crippen LogP) is 1.55. The first kappa shape index (κ1) is 13.6. The monoisotopic (exact) mass is 229 g/mol. The van der Waals surface area contributed by atoms with Crippen molar-refractivity contribution in [3.05, 3.63) is 0 Å². The zero-order chi connectivity index (χ0) is 12.3. The van der Waals surface area contributed by atoms with Gasteiger partial charge in [0.15, 0.2) is 0 Å². The molecular weight excluding hydrogens is 206 g/mol. The lowest BCUT2D eigenvalue weighted by molar-refractivity contribution is -0.143. The smallest absolute Gasteiger partial charge is 0.145 e. The molecule has 1 heterocycles. The summed E-state index contributed by atoms with van der Waals surface area (Å²) in [5.74, 6) is 0.179. The highest BCUT2D eigenvalue weighted by atomic mass is 16.5. The minimum atomic E-state index is -0.316. The summed E-state index contributed by atoms with van der Waals surface area (Å²) in [6.45, 7) is 5.85. The quantitative estimate of drug-likeness (QED) is 0.797. The number of piperidine rings is 1. The molecule has 0 aliphatic carbocycles. The van der Waals surface area contributed by atoms with Crippen LogP contribution >= 0.6 is 0 Å². The third kappa shape index (κ3) is 3.03. The predicted molar refractivity (Wildman–Crippen MR) is 61.9 cm³/mol. The van der Waals surface area contributed by atoms with Crippen LogP contribution in [0.15, 0.2) is 0 Å². The van der Waals surface area contributed by atoms with Gasteiger partial charge in [0.25, 0.3) is 0 Å². The van der Waals surface area contributed by atoms with Crippen molar-refractivity contribution in [2.24, 2.45) is 11.3 Å². The number of carbonyl (C=O) groups is 1. The van der Waals surface area contributed by atoms with E-state index in [1.165, 1.54) is 0 Å². The van der Waals surface area contributed by atoms with Crippen molar-refractivity contribution in [1.29, 1.82) is 0 Å². The summed E-state index contributed by atoms with van der Waals surface area (Å²) in [4.78, 5) is 12.2. The lowest BCUT2D eigenvalue weighted by Crippen LogP contribution is -2.53. The molecule has 0 spiro atoms. The fraction of sp³-hybridized carbons (Fsp3) is 0.917. The van der Waals surface area contributed by atoms with Crippen molar-refractivity contribution in [1.82, 2.24) is 5.32 Å². The molecule has 0 amide bonds. The largest absolute Gasteiger partial charge is 0.367 e. The maximum absolute atomic E-state index is 12.2. The van der Waals surface area contributed by atoms with E-state index in [0.29, 0.717) is 0 Å². The summed E-state index contributed by atoms with van der Waals surface area (Å²) < 4.78 is 10.6. The molecule has 1 N–H and O–H groups in total. The van der Waals surface area contributed by atoms with Crippen LogP contribution in [0.3, 0.4) is 0 Å². The van der Waals surface area contributed by atoms with E-state index >= 15 is 0 Å². The standard InChI is InChI=1S/C12H23NO3/c1-12(2,3)10(14)8-6-7-9(15-4)13-11(8)16-5/h8-9,11,13H,6-7H2,1-5H3. The van der Waals surface area contributed by atoms with E-state index in [1.807, 2.05) is 20.8 Å². The Bertz CT molecular complexity index is 247. The molecule has 1 fully saturated rings. The second-order valence-corrected chi connectivity index (χ2v) is 5.35. The maximum atomic E-state index is 12.2. The van der Waals surface area contributed by atoms with Crippen LogP contribution in [0.4, 0.5) is 0 Å². The molecule has 3 atom stereocenters. The summed E-state index contributed by atoms with van der Waals surface area (Å²) in [6.07, 6.45) is 1.43. The molecule has 1 aliphatic rings. The Morgan fingerprint density at radius 3 is 2.25 bits per heavy atom. The molecule has 1 rings (SSSR count). The first-order valence-electron chi connectivity index (χ1n) is 5.76. The Labute approximate surface area is 97.7 Å². The maximum Gasteiger partial charge on any atom is 0.145 e. The average Bonchev–Trinajstić information content (AvgIpc) is 2.26. The van der Waals surface area contributed by atoms with Crippen LogP contribution in [0.1, 0.15) is 33.6 Å². The molecule has 4 heteroatoms. The third-order valence-corrected chi connectivity index (χ3v) is 3.07. The number of ether oxygens (including phenoxy) is 2. The first-order valence-corrected chi connectivity index (χ1v) is 5.76. The number of hydrogen-bond acceptors (Lipinski definition) is 4. The van der Waals surface area contributed by atoms with Gasteiger partial charge in [-0.05, 0) is 12.8 Å². The summed E-state index contributed by atoms with van der Waals surface area (Å²) in [5, 5.41) is 3.19. The highest BCUT2D eigenvalue weighted by Gasteiger charge is 2.39.